The maximum atomic E-state index is 6.09. The van der Waals surface area contributed by atoms with E-state index in [4.69, 9.17) is 5.73 Å². The van der Waals surface area contributed by atoms with Gasteiger partial charge in [0.25, 0.3) is 0 Å². The predicted octanol–water partition coefficient (Wildman–Crippen LogP) is 3.88. The molecule has 17 heavy (non-hydrogen) atoms. The Morgan fingerprint density at radius 1 is 1.12 bits per heavy atom. The number of nitrogen functional groups attached to an aromatic ring is 1. The molecule has 0 aliphatic heterocycles. The monoisotopic (exact) mass is 232 g/mol. The third-order valence-corrected chi connectivity index (χ3v) is 4.12. The van der Waals surface area contributed by atoms with Crippen molar-refractivity contribution in [3.63, 3.8) is 0 Å². The van der Waals surface area contributed by atoms with Crippen LogP contribution in [0.4, 0.5) is 11.4 Å². The van der Waals surface area contributed by atoms with Crippen LogP contribution >= 0.6 is 0 Å². The summed E-state index contributed by atoms with van der Waals surface area (Å²) >= 11 is 0. The molecule has 0 aromatic heterocycles. The van der Waals surface area contributed by atoms with Crippen molar-refractivity contribution < 1.29 is 0 Å². The van der Waals surface area contributed by atoms with Crippen molar-refractivity contribution in [2.24, 2.45) is 5.92 Å². The lowest BCUT2D eigenvalue weighted by atomic mass is 9.85. The summed E-state index contributed by atoms with van der Waals surface area (Å²) in [4.78, 5) is 0. The van der Waals surface area contributed by atoms with Crippen LogP contribution in [0.25, 0.3) is 0 Å². The third-order valence-electron chi connectivity index (χ3n) is 4.12. The first-order valence-electron chi connectivity index (χ1n) is 6.71. The molecule has 1 aromatic carbocycles. The summed E-state index contributed by atoms with van der Waals surface area (Å²) in [5, 5.41) is 3.64. The summed E-state index contributed by atoms with van der Waals surface area (Å²) in [5.41, 5.74) is 10.7. The second-order valence-corrected chi connectivity index (χ2v) is 5.54. The van der Waals surface area contributed by atoms with Gasteiger partial charge in [0.05, 0.1) is 11.4 Å². The lowest BCUT2D eigenvalue weighted by Gasteiger charge is -2.31. The second kappa shape index (κ2) is 4.99. The SMILES string of the molecule is Cc1cc(N)c(N[C@H]2CCCC[C@@H]2C)cc1C. The topological polar surface area (TPSA) is 38.0 Å². The number of hydrogen-bond donors (Lipinski definition) is 2. The van der Waals surface area contributed by atoms with E-state index in [1.54, 1.807) is 0 Å². The van der Waals surface area contributed by atoms with E-state index in [0.29, 0.717) is 6.04 Å². The first-order chi connectivity index (χ1) is 8.08. The van der Waals surface area contributed by atoms with E-state index in [1.165, 1.54) is 36.8 Å². The van der Waals surface area contributed by atoms with Gasteiger partial charge in [-0.15, -0.1) is 0 Å². The van der Waals surface area contributed by atoms with Gasteiger partial charge in [-0.25, -0.2) is 0 Å². The molecule has 0 spiro atoms. The fourth-order valence-corrected chi connectivity index (χ4v) is 2.69. The lowest BCUT2D eigenvalue weighted by molar-refractivity contribution is 0.349. The van der Waals surface area contributed by atoms with Crippen LogP contribution in [0.1, 0.15) is 43.7 Å². The first kappa shape index (κ1) is 12.3. The van der Waals surface area contributed by atoms with E-state index in [0.717, 1.165) is 17.3 Å². The Balaban J connectivity index is 2.15. The fraction of sp³-hybridized carbons (Fsp3) is 0.600. The normalized spacial score (nSPS) is 24.6. The van der Waals surface area contributed by atoms with Gasteiger partial charge >= 0.3 is 0 Å². The van der Waals surface area contributed by atoms with Gasteiger partial charge in [0.2, 0.25) is 0 Å². The molecule has 1 fully saturated rings. The molecule has 1 aliphatic carbocycles. The minimum Gasteiger partial charge on any atom is -0.397 e. The minimum absolute atomic E-state index is 0.591. The molecule has 1 saturated carbocycles. The summed E-state index contributed by atoms with van der Waals surface area (Å²) in [5.74, 6) is 0.754. The highest BCUT2D eigenvalue weighted by atomic mass is 14.9. The van der Waals surface area contributed by atoms with Crippen molar-refractivity contribution in [1.82, 2.24) is 0 Å². The minimum atomic E-state index is 0.591. The molecule has 0 amide bonds. The largest absolute Gasteiger partial charge is 0.397 e. The van der Waals surface area contributed by atoms with Crippen LogP contribution in [0.3, 0.4) is 0 Å². The fourth-order valence-electron chi connectivity index (χ4n) is 2.69. The highest BCUT2D eigenvalue weighted by Gasteiger charge is 2.21. The molecule has 3 N–H and O–H groups in total. The lowest BCUT2D eigenvalue weighted by Crippen LogP contribution is -2.30. The van der Waals surface area contributed by atoms with Crippen LogP contribution in [0.5, 0.6) is 0 Å². The molecule has 2 nitrogen and oxygen atoms in total. The number of benzene rings is 1. The van der Waals surface area contributed by atoms with E-state index in [-0.39, 0.29) is 0 Å². The summed E-state index contributed by atoms with van der Waals surface area (Å²) in [6.45, 7) is 6.59. The number of rotatable bonds is 2. The molecule has 0 unspecified atom stereocenters. The maximum absolute atomic E-state index is 6.09. The van der Waals surface area contributed by atoms with Gasteiger partial charge in [-0.05, 0) is 55.9 Å². The van der Waals surface area contributed by atoms with Crippen LogP contribution in [0.2, 0.25) is 0 Å². The summed E-state index contributed by atoms with van der Waals surface area (Å²) in [6.07, 6.45) is 5.32. The standard InChI is InChI=1S/C15H24N2/c1-10-6-4-5-7-14(10)17-15-9-12(3)11(2)8-13(15)16/h8-10,14,17H,4-7,16H2,1-3H3/t10-,14-/m0/s1. The Morgan fingerprint density at radius 3 is 2.47 bits per heavy atom. The van der Waals surface area contributed by atoms with Crippen LogP contribution < -0.4 is 11.1 Å². The van der Waals surface area contributed by atoms with E-state index in [2.05, 4.69) is 38.2 Å². The van der Waals surface area contributed by atoms with Gasteiger partial charge in [0.1, 0.15) is 0 Å². The van der Waals surface area contributed by atoms with E-state index in [1.807, 2.05) is 0 Å². The molecule has 0 saturated heterocycles. The third kappa shape index (κ3) is 2.74. The number of nitrogens with two attached hydrogens (primary N) is 1. The smallest absolute Gasteiger partial charge is 0.0579 e. The second-order valence-electron chi connectivity index (χ2n) is 5.54. The van der Waals surface area contributed by atoms with Crippen molar-refractivity contribution in [2.75, 3.05) is 11.1 Å². The summed E-state index contributed by atoms with van der Waals surface area (Å²) in [7, 11) is 0. The number of hydrogen-bond acceptors (Lipinski definition) is 2. The molecule has 0 radical (unpaired) electrons. The van der Waals surface area contributed by atoms with Crippen molar-refractivity contribution in [1.29, 1.82) is 0 Å². The zero-order chi connectivity index (χ0) is 12.4. The number of aryl methyl sites for hydroxylation is 2. The van der Waals surface area contributed by atoms with Crippen molar-refractivity contribution >= 4 is 11.4 Å². The van der Waals surface area contributed by atoms with Crippen LogP contribution in [0, 0.1) is 19.8 Å². The Labute approximate surface area is 105 Å². The van der Waals surface area contributed by atoms with Crippen molar-refractivity contribution in [3.8, 4) is 0 Å². The number of nitrogens with one attached hydrogen (secondary N) is 1. The predicted molar refractivity (Wildman–Crippen MR) is 75.4 cm³/mol. The Hall–Kier alpha value is -1.18. The molecule has 2 rings (SSSR count). The van der Waals surface area contributed by atoms with Gasteiger partial charge in [-0.1, -0.05) is 19.8 Å². The van der Waals surface area contributed by atoms with Gasteiger partial charge in [-0.2, -0.15) is 0 Å². The quantitative estimate of drug-likeness (QED) is 0.759. The van der Waals surface area contributed by atoms with E-state index < -0.39 is 0 Å². The zero-order valence-electron chi connectivity index (χ0n) is 11.2. The Bertz CT molecular complexity index is 398. The Morgan fingerprint density at radius 2 is 1.76 bits per heavy atom. The van der Waals surface area contributed by atoms with Gasteiger partial charge in [0, 0.05) is 6.04 Å². The summed E-state index contributed by atoms with van der Waals surface area (Å²) < 4.78 is 0. The zero-order valence-corrected chi connectivity index (χ0v) is 11.2. The van der Waals surface area contributed by atoms with Crippen molar-refractivity contribution in [2.45, 2.75) is 52.5 Å². The highest BCUT2D eigenvalue weighted by molar-refractivity contribution is 5.68. The molecule has 0 bridgehead atoms. The average molecular weight is 232 g/mol. The molecular formula is C15H24N2. The highest BCUT2D eigenvalue weighted by Crippen LogP contribution is 2.30. The average Bonchev–Trinajstić information content (AvgIpc) is 2.29. The van der Waals surface area contributed by atoms with Crippen molar-refractivity contribution in [3.05, 3.63) is 23.3 Å². The van der Waals surface area contributed by atoms with E-state index >= 15 is 0 Å². The van der Waals surface area contributed by atoms with E-state index in [9.17, 15) is 0 Å². The van der Waals surface area contributed by atoms with Crippen LogP contribution in [-0.2, 0) is 0 Å². The van der Waals surface area contributed by atoms with Gasteiger partial charge < -0.3 is 11.1 Å². The van der Waals surface area contributed by atoms with Crippen LogP contribution in [0.15, 0.2) is 12.1 Å². The molecule has 1 aromatic rings. The summed E-state index contributed by atoms with van der Waals surface area (Å²) in [6, 6.07) is 4.85. The van der Waals surface area contributed by atoms with Gasteiger partial charge in [-0.3, -0.25) is 0 Å². The maximum Gasteiger partial charge on any atom is 0.0579 e. The number of anilines is 2. The molecule has 2 heteroatoms. The molecular weight excluding hydrogens is 208 g/mol. The molecule has 2 atom stereocenters. The molecule has 94 valence electrons. The Kier molecular flexibility index (Phi) is 3.60. The molecule has 0 heterocycles. The van der Waals surface area contributed by atoms with Crippen LogP contribution in [-0.4, -0.2) is 6.04 Å². The molecule has 1 aliphatic rings. The first-order valence-corrected chi connectivity index (χ1v) is 6.71. The van der Waals surface area contributed by atoms with Gasteiger partial charge in [0.15, 0.2) is 0 Å².